The van der Waals surface area contributed by atoms with Crippen LogP contribution in [0.25, 0.3) is 0 Å². The highest BCUT2D eigenvalue weighted by atomic mass is 16.2. The molecule has 0 aromatic heterocycles. The molecule has 1 aromatic carbocycles. The standard InChI is InChI=1S/C16H23N3O3/c1-11(19(5)10-15(21)18(3)4)16(22)17-14-8-6-13(7-9-14)12(2)20/h6-9,11H,10H2,1-5H3,(H,17,22)/p+1/t11-/m1/s1. The van der Waals surface area contributed by atoms with Crippen LogP contribution in [0.1, 0.15) is 24.2 Å². The molecular weight excluding hydrogens is 282 g/mol. The fourth-order valence-corrected chi connectivity index (χ4v) is 1.81. The van der Waals surface area contributed by atoms with E-state index in [-0.39, 0.29) is 30.2 Å². The molecule has 2 amide bonds. The second kappa shape index (κ2) is 7.70. The summed E-state index contributed by atoms with van der Waals surface area (Å²) in [7, 11) is 5.19. The number of amides is 2. The van der Waals surface area contributed by atoms with E-state index in [0.29, 0.717) is 11.3 Å². The third kappa shape index (κ3) is 4.96. The first-order valence-corrected chi connectivity index (χ1v) is 7.16. The summed E-state index contributed by atoms with van der Waals surface area (Å²) in [5.74, 6) is -0.208. The van der Waals surface area contributed by atoms with E-state index in [9.17, 15) is 14.4 Å². The van der Waals surface area contributed by atoms with Gasteiger partial charge in [-0.2, -0.15) is 0 Å². The average Bonchev–Trinajstić information content (AvgIpc) is 2.46. The first-order chi connectivity index (χ1) is 10.2. The number of nitrogens with zero attached hydrogens (tertiary/aromatic N) is 1. The molecule has 0 aliphatic carbocycles. The Morgan fingerprint density at radius 2 is 1.73 bits per heavy atom. The van der Waals surface area contributed by atoms with E-state index in [2.05, 4.69) is 5.32 Å². The Bertz CT molecular complexity index is 552. The molecule has 6 heteroatoms. The van der Waals surface area contributed by atoms with E-state index < -0.39 is 0 Å². The van der Waals surface area contributed by atoms with E-state index in [1.165, 1.54) is 11.8 Å². The van der Waals surface area contributed by atoms with Crippen LogP contribution in [0.5, 0.6) is 0 Å². The number of carbonyl (C=O) groups is 3. The van der Waals surface area contributed by atoms with Gasteiger partial charge in [0, 0.05) is 25.3 Å². The first-order valence-electron chi connectivity index (χ1n) is 7.16. The lowest BCUT2D eigenvalue weighted by molar-refractivity contribution is -0.886. The minimum absolute atomic E-state index is 0.0161. The lowest BCUT2D eigenvalue weighted by Crippen LogP contribution is -3.15. The molecule has 2 N–H and O–H groups in total. The van der Waals surface area contributed by atoms with Crippen molar-refractivity contribution >= 4 is 23.3 Å². The van der Waals surface area contributed by atoms with Crippen LogP contribution in [0, 0.1) is 0 Å². The molecule has 0 fully saturated rings. The fourth-order valence-electron chi connectivity index (χ4n) is 1.81. The van der Waals surface area contributed by atoms with Crippen molar-refractivity contribution < 1.29 is 19.3 Å². The highest BCUT2D eigenvalue weighted by molar-refractivity contribution is 5.96. The number of quaternary nitrogens is 1. The van der Waals surface area contributed by atoms with Crippen LogP contribution >= 0.6 is 0 Å². The zero-order valence-corrected chi connectivity index (χ0v) is 13.8. The Morgan fingerprint density at radius 3 is 2.18 bits per heavy atom. The van der Waals surface area contributed by atoms with Crippen molar-refractivity contribution in [1.29, 1.82) is 0 Å². The number of hydrogen-bond acceptors (Lipinski definition) is 3. The lowest BCUT2D eigenvalue weighted by atomic mass is 10.1. The number of rotatable bonds is 6. The quantitative estimate of drug-likeness (QED) is 0.716. The van der Waals surface area contributed by atoms with Gasteiger partial charge < -0.3 is 15.1 Å². The molecule has 2 atom stereocenters. The van der Waals surface area contributed by atoms with E-state index in [1.807, 2.05) is 7.05 Å². The molecule has 6 nitrogen and oxygen atoms in total. The summed E-state index contributed by atoms with van der Waals surface area (Å²) < 4.78 is 0. The molecule has 0 aliphatic rings. The molecule has 22 heavy (non-hydrogen) atoms. The predicted molar refractivity (Wildman–Crippen MR) is 85.0 cm³/mol. The number of benzene rings is 1. The van der Waals surface area contributed by atoms with Gasteiger partial charge in [0.05, 0.1) is 7.05 Å². The summed E-state index contributed by atoms with van der Waals surface area (Å²) in [4.78, 5) is 37.4. The highest BCUT2D eigenvalue weighted by Gasteiger charge is 2.24. The van der Waals surface area contributed by atoms with Gasteiger partial charge in [-0.15, -0.1) is 0 Å². The predicted octanol–water partition coefficient (Wildman–Crippen LogP) is -0.181. The summed E-state index contributed by atoms with van der Waals surface area (Å²) in [6.45, 7) is 3.53. The maximum atomic E-state index is 12.2. The van der Waals surface area contributed by atoms with Crippen LogP contribution in [0.3, 0.4) is 0 Å². The minimum atomic E-state index is -0.364. The molecule has 0 saturated carbocycles. The third-order valence-corrected chi connectivity index (χ3v) is 3.62. The minimum Gasteiger partial charge on any atom is -0.344 e. The van der Waals surface area contributed by atoms with E-state index in [0.717, 1.165) is 4.90 Å². The van der Waals surface area contributed by atoms with E-state index in [4.69, 9.17) is 0 Å². The fraction of sp³-hybridized carbons (Fsp3) is 0.438. The van der Waals surface area contributed by atoms with Gasteiger partial charge in [0.1, 0.15) is 0 Å². The summed E-state index contributed by atoms with van der Waals surface area (Å²) in [6, 6.07) is 6.38. The summed E-state index contributed by atoms with van der Waals surface area (Å²) in [5, 5.41) is 2.80. The Kier molecular flexibility index (Phi) is 6.24. The van der Waals surface area contributed by atoms with Crippen LogP contribution in [-0.4, -0.2) is 56.2 Å². The van der Waals surface area contributed by atoms with Crippen LogP contribution in [0.2, 0.25) is 0 Å². The van der Waals surface area contributed by atoms with Crippen molar-refractivity contribution in [3.05, 3.63) is 29.8 Å². The average molecular weight is 306 g/mol. The van der Waals surface area contributed by atoms with Gasteiger partial charge in [-0.05, 0) is 38.1 Å². The molecule has 0 aliphatic heterocycles. The molecular formula is C16H24N3O3+. The Hall–Kier alpha value is -2.21. The van der Waals surface area contributed by atoms with Gasteiger partial charge in [-0.3, -0.25) is 14.4 Å². The number of nitrogens with one attached hydrogen (secondary N) is 2. The second-order valence-electron chi connectivity index (χ2n) is 5.66. The van der Waals surface area contributed by atoms with Crippen LogP contribution < -0.4 is 10.2 Å². The maximum absolute atomic E-state index is 12.2. The SMILES string of the molecule is CC(=O)c1ccc(NC(=O)[C@@H](C)[NH+](C)CC(=O)N(C)C)cc1. The number of likely N-dealkylation sites (N-methyl/N-ethyl adjacent to an activating group) is 2. The van der Waals surface area contributed by atoms with E-state index >= 15 is 0 Å². The number of ketones is 1. The number of hydrogen-bond donors (Lipinski definition) is 2. The van der Waals surface area contributed by atoms with Gasteiger partial charge in [0.15, 0.2) is 18.4 Å². The third-order valence-electron chi connectivity index (χ3n) is 3.62. The molecule has 0 radical (unpaired) electrons. The van der Waals surface area contributed by atoms with Gasteiger partial charge in [-0.25, -0.2) is 0 Å². The van der Waals surface area contributed by atoms with Gasteiger partial charge in [0.2, 0.25) is 0 Å². The lowest BCUT2D eigenvalue weighted by Gasteiger charge is -2.22. The molecule has 1 unspecified atom stereocenters. The largest absolute Gasteiger partial charge is 0.344 e. The molecule has 1 aromatic rings. The number of Topliss-reactive ketones (excluding diaryl/α,β-unsaturated/α-hetero) is 1. The van der Waals surface area contributed by atoms with Crippen molar-refractivity contribution in [2.24, 2.45) is 0 Å². The molecule has 0 saturated heterocycles. The molecule has 120 valence electrons. The van der Waals surface area contributed by atoms with Crippen molar-refractivity contribution in [1.82, 2.24) is 4.90 Å². The van der Waals surface area contributed by atoms with Crippen LogP contribution in [-0.2, 0) is 9.59 Å². The molecule has 0 heterocycles. The Labute approximate surface area is 131 Å². The van der Waals surface area contributed by atoms with Crippen molar-refractivity contribution in [3.63, 3.8) is 0 Å². The number of anilines is 1. The normalized spacial score (nSPS) is 13.1. The molecule has 1 rings (SSSR count). The highest BCUT2D eigenvalue weighted by Crippen LogP contribution is 2.10. The summed E-state index contributed by atoms with van der Waals surface area (Å²) in [6.07, 6.45) is 0. The topological polar surface area (TPSA) is 70.9 Å². The Morgan fingerprint density at radius 1 is 1.18 bits per heavy atom. The summed E-state index contributed by atoms with van der Waals surface area (Å²) >= 11 is 0. The van der Waals surface area contributed by atoms with Crippen LogP contribution in [0.15, 0.2) is 24.3 Å². The Balaban J connectivity index is 2.63. The second-order valence-corrected chi connectivity index (χ2v) is 5.66. The monoisotopic (exact) mass is 306 g/mol. The van der Waals surface area contributed by atoms with Gasteiger partial charge >= 0.3 is 0 Å². The van der Waals surface area contributed by atoms with Crippen molar-refractivity contribution in [2.75, 3.05) is 33.0 Å². The van der Waals surface area contributed by atoms with Crippen LogP contribution in [0.4, 0.5) is 5.69 Å². The smallest absolute Gasteiger partial charge is 0.282 e. The van der Waals surface area contributed by atoms with Crippen molar-refractivity contribution in [3.8, 4) is 0 Å². The van der Waals surface area contributed by atoms with E-state index in [1.54, 1.807) is 45.3 Å². The zero-order chi connectivity index (χ0) is 16.9. The zero-order valence-electron chi connectivity index (χ0n) is 13.8. The summed E-state index contributed by atoms with van der Waals surface area (Å²) in [5.41, 5.74) is 1.24. The maximum Gasteiger partial charge on any atom is 0.282 e. The molecule has 0 spiro atoms. The van der Waals surface area contributed by atoms with Gasteiger partial charge in [0.25, 0.3) is 11.8 Å². The van der Waals surface area contributed by atoms with Crippen molar-refractivity contribution in [2.45, 2.75) is 19.9 Å². The first kappa shape index (κ1) is 17.8. The number of carbonyl (C=O) groups excluding carboxylic acids is 3. The van der Waals surface area contributed by atoms with Gasteiger partial charge in [-0.1, -0.05) is 0 Å². The molecule has 0 bridgehead atoms.